The summed E-state index contributed by atoms with van der Waals surface area (Å²) in [7, 11) is -3.69. The Balaban J connectivity index is 1.83. The van der Waals surface area contributed by atoms with Gasteiger partial charge in [0, 0.05) is 6.08 Å². The summed E-state index contributed by atoms with van der Waals surface area (Å²) in [5, 5.41) is 0. The zero-order valence-electron chi connectivity index (χ0n) is 16.0. The van der Waals surface area contributed by atoms with Crippen LogP contribution in [0.15, 0.2) is 58.1 Å². The third-order valence-electron chi connectivity index (χ3n) is 3.71. The van der Waals surface area contributed by atoms with E-state index in [2.05, 4.69) is 4.72 Å². The van der Waals surface area contributed by atoms with Gasteiger partial charge in [-0.2, -0.15) is 0 Å². The summed E-state index contributed by atoms with van der Waals surface area (Å²) < 4.78 is 41.7. The molecule has 0 aliphatic rings. The highest BCUT2D eigenvalue weighted by atomic mass is 32.2. The molecule has 1 aromatic carbocycles. The summed E-state index contributed by atoms with van der Waals surface area (Å²) in [6.07, 6.45) is 5.72. The molecule has 0 amide bonds. The highest BCUT2D eigenvalue weighted by Gasteiger charge is 2.14. The van der Waals surface area contributed by atoms with E-state index in [4.69, 9.17) is 13.9 Å². The minimum Gasteiger partial charge on any atom is -0.468 e. The van der Waals surface area contributed by atoms with Crippen LogP contribution in [0.3, 0.4) is 0 Å². The second-order valence-corrected chi connectivity index (χ2v) is 7.75. The summed E-state index contributed by atoms with van der Waals surface area (Å²) in [6.45, 7) is 1.86. The van der Waals surface area contributed by atoms with Crippen LogP contribution in [0.2, 0.25) is 0 Å². The maximum Gasteiger partial charge on any atom is 0.344 e. The van der Waals surface area contributed by atoms with E-state index in [-0.39, 0.29) is 11.4 Å². The molecule has 0 spiro atoms. The van der Waals surface area contributed by atoms with E-state index in [1.54, 1.807) is 24.3 Å². The Kier molecular flexibility index (Phi) is 8.63. The Morgan fingerprint density at radius 2 is 1.90 bits per heavy atom. The number of benzene rings is 1. The van der Waals surface area contributed by atoms with Crippen LogP contribution in [0.5, 0.6) is 0 Å². The molecule has 0 fully saturated rings. The fraction of sp³-hybridized carbons (Fsp3) is 0.300. The molecule has 0 aliphatic heterocycles. The first-order valence-electron chi connectivity index (χ1n) is 9.03. The molecule has 0 radical (unpaired) electrons. The summed E-state index contributed by atoms with van der Waals surface area (Å²) in [6, 6.07) is 9.27. The maximum atomic E-state index is 12.3. The van der Waals surface area contributed by atoms with E-state index in [0.717, 1.165) is 18.9 Å². The minimum atomic E-state index is -3.69. The first kappa shape index (κ1) is 22.4. The lowest BCUT2D eigenvalue weighted by Gasteiger charge is -2.06. The number of furan rings is 1. The normalized spacial score (nSPS) is 11.5. The number of carbonyl (C=O) groups excluding carboxylic acids is 2. The number of hydrogen-bond acceptors (Lipinski definition) is 7. The molecule has 0 aliphatic carbocycles. The van der Waals surface area contributed by atoms with Gasteiger partial charge in [-0.05, 0) is 42.3 Å². The van der Waals surface area contributed by atoms with Gasteiger partial charge in [0.2, 0.25) is 10.0 Å². The average Bonchev–Trinajstić information content (AvgIpc) is 3.23. The maximum absolute atomic E-state index is 12.3. The van der Waals surface area contributed by atoms with Crippen LogP contribution in [-0.4, -0.2) is 33.6 Å². The molecule has 29 heavy (non-hydrogen) atoms. The molecule has 1 heterocycles. The molecule has 0 saturated carbocycles. The standard InChI is InChI=1S/C20H23NO7S/c1-2-3-12-27-20(23)15-28-19(22)11-8-16-6-9-18(10-7-16)29(24,25)21-14-17-5-4-13-26-17/h4-11,13,21H,2-3,12,14-15H2,1H3/b11-8+. The number of unbranched alkanes of at least 4 members (excludes halogenated alkanes) is 1. The highest BCUT2D eigenvalue weighted by Crippen LogP contribution is 2.12. The van der Waals surface area contributed by atoms with Gasteiger partial charge in [0.1, 0.15) is 5.76 Å². The van der Waals surface area contributed by atoms with E-state index in [1.807, 2.05) is 6.92 Å². The smallest absolute Gasteiger partial charge is 0.344 e. The lowest BCUT2D eigenvalue weighted by atomic mass is 10.2. The number of nitrogens with one attached hydrogen (secondary N) is 1. The molecule has 1 aromatic heterocycles. The molecule has 1 N–H and O–H groups in total. The predicted octanol–water partition coefficient (Wildman–Crippen LogP) is 2.66. The molecule has 0 atom stereocenters. The molecule has 156 valence electrons. The zero-order chi connectivity index (χ0) is 21.1. The molecule has 0 bridgehead atoms. The topological polar surface area (TPSA) is 112 Å². The third kappa shape index (κ3) is 7.92. The second kappa shape index (κ2) is 11.2. The molecule has 0 saturated heterocycles. The van der Waals surface area contributed by atoms with Crippen LogP contribution in [0, 0.1) is 0 Å². The monoisotopic (exact) mass is 421 g/mol. The summed E-state index contributed by atoms with van der Waals surface area (Å²) >= 11 is 0. The van der Waals surface area contributed by atoms with Crippen molar-refractivity contribution in [3.8, 4) is 0 Å². The Labute approximate surface area is 169 Å². The van der Waals surface area contributed by atoms with Gasteiger partial charge in [-0.1, -0.05) is 25.5 Å². The summed E-state index contributed by atoms with van der Waals surface area (Å²) in [5.41, 5.74) is 0.595. The van der Waals surface area contributed by atoms with Crippen molar-refractivity contribution in [2.45, 2.75) is 31.2 Å². The minimum absolute atomic E-state index is 0.0453. The van der Waals surface area contributed by atoms with Gasteiger partial charge in [-0.15, -0.1) is 0 Å². The molecule has 8 nitrogen and oxygen atoms in total. The van der Waals surface area contributed by atoms with Crippen molar-refractivity contribution in [2.24, 2.45) is 0 Å². The van der Waals surface area contributed by atoms with Crippen LogP contribution in [0.1, 0.15) is 31.1 Å². The Bertz CT molecular complexity index is 916. The molecule has 2 aromatic rings. The van der Waals surface area contributed by atoms with Gasteiger partial charge < -0.3 is 13.9 Å². The Morgan fingerprint density at radius 1 is 1.14 bits per heavy atom. The SMILES string of the molecule is CCCCOC(=O)COC(=O)/C=C/c1ccc(S(=O)(=O)NCc2ccco2)cc1. The number of esters is 2. The molecule has 2 rings (SSSR count). The van der Waals surface area contributed by atoms with Gasteiger partial charge in [-0.3, -0.25) is 0 Å². The number of rotatable bonds is 11. The first-order valence-corrected chi connectivity index (χ1v) is 10.5. The lowest BCUT2D eigenvalue weighted by molar-refractivity contribution is -0.156. The van der Waals surface area contributed by atoms with E-state index >= 15 is 0 Å². The van der Waals surface area contributed by atoms with E-state index < -0.39 is 28.6 Å². The predicted molar refractivity (Wildman–Crippen MR) is 105 cm³/mol. The largest absolute Gasteiger partial charge is 0.468 e. The van der Waals surface area contributed by atoms with E-state index in [9.17, 15) is 18.0 Å². The average molecular weight is 421 g/mol. The fourth-order valence-electron chi connectivity index (χ4n) is 2.14. The van der Waals surface area contributed by atoms with Gasteiger partial charge in [0.05, 0.1) is 24.3 Å². The van der Waals surface area contributed by atoms with Gasteiger partial charge in [-0.25, -0.2) is 22.7 Å². The van der Waals surface area contributed by atoms with Crippen LogP contribution < -0.4 is 4.72 Å². The van der Waals surface area contributed by atoms with Crippen molar-refractivity contribution < 1.29 is 31.9 Å². The van der Waals surface area contributed by atoms with Gasteiger partial charge >= 0.3 is 11.9 Å². The van der Waals surface area contributed by atoms with E-state index in [1.165, 1.54) is 24.5 Å². The number of sulfonamides is 1. The van der Waals surface area contributed by atoms with Crippen molar-refractivity contribution >= 4 is 28.0 Å². The highest BCUT2D eigenvalue weighted by molar-refractivity contribution is 7.89. The molecular weight excluding hydrogens is 398 g/mol. The summed E-state index contributed by atoms with van der Waals surface area (Å²) in [5.74, 6) is -0.799. The van der Waals surface area contributed by atoms with Crippen LogP contribution in [-0.2, 0) is 35.6 Å². The van der Waals surface area contributed by atoms with Crippen LogP contribution >= 0.6 is 0 Å². The zero-order valence-corrected chi connectivity index (χ0v) is 16.8. The lowest BCUT2D eigenvalue weighted by Crippen LogP contribution is -2.22. The fourth-order valence-corrected chi connectivity index (χ4v) is 3.13. The van der Waals surface area contributed by atoms with Crippen molar-refractivity contribution in [3.05, 3.63) is 60.1 Å². The Hall–Kier alpha value is -2.91. The third-order valence-corrected chi connectivity index (χ3v) is 5.13. The van der Waals surface area contributed by atoms with Gasteiger partial charge in [0.25, 0.3) is 0 Å². The number of ether oxygens (including phenoxy) is 2. The van der Waals surface area contributed by atoms with Crippen molar-refractivity contribution in [3.63, 3.8) is 0 Å². The number of hydrogen-bond donors (Lipinski definition) is 1. The molecular formula is C20H23NO7S. The quantitative estimate of drug-likeness (QED) is 0.337. The Morgan fingerprint density at radius 3 is 2.55 bits per heavy atom. The van der Waals surface area contributed by atoms with Crippen LogP contribution in [0.4, 0.5) is 0 Å². The first-order chi connectivity index (χ1) is 13.9. The number of carbonyl (C=O) groups is 2. The van der Waals surface area contributed by atoms with Crippen molar-refractivity contribution in [1.82, 2.24) is 4.72 Å². The van der Waals surface area contributed by atoms with Crippen LogP contribution in [0.25, 0.3) is 6.08 Å². The molecule has 9 heteroatoms. The van der Waals surface area contributed by atoms with Gasteiger partial charge in [0.15, 0.2) is 6.61 Å². The van der Waals surface area contributed by atoms with Crippen molar-refractivity contribution in [1.29, 1.82) is 0 Å². The summed E-state index contributed by atoms with van der Waals surface area (Å²) in [4.78, 5) is 23.1. The van der Waals surface area contributed by atoms with Crippen molar-refractivity contribution in [2.75, 3.05) is 13.2 Å². The van der Waals surface area contributed by atoms with E-state index in [0.29, 0.717) is 17.9 Å². The molecule has 0 unspecified atom stereocenters. The second-order valence-electron chi connectivity index (χ2n) is 5.99.